The molecule has 0 radical (unpaired) electrons. The maximum absolute atomic E-state index is 4.33. The molecule has 1 rings (SSSR count). The van der Waals surface area contributed by atoms with Gasteiger partial charge in [0.25, 0.3) is 0 Å². The van der Waals surface area contributed by atoms with Crippen molar-refractivity contribution in [3.63, 3.8) is 0 Å². The molecule has 0 aromatic carbocycles. The Bertz CT molecular complexity index is 317. The van der Waals surface area contributed by atoms with Gasteiger partial charge in [0.05, 0.1) is 6.54 Å². The van der Waals surface area contributed by atoms with E-state index in [9.17, 15) is 0 Å². The second-order valence-corrected chi connectivity index (χ2v) is 5.04. The highest BCUT2D eigenvalue weighted by molar-refractivity contribution is 4.91. The number of nitrogens with zero attached hydrogens (tertiary/aromatic N) is 3. The average Bonchev–Trinajstić information content (AvgIpc) is 2.50. The van der Waals surface area contributed by atoms with Gasteiger partial charge in [-0.2, -0.15) is 0 Å². The van der Waals surface area contributed by atoms with Crippen LogP contribution in [0.5, 0.6) is 0 Å². The lowest BCUT2D eigenvalue weighted by Gasteiger charge is -2.30. The number of nitrogens with one attached hydrogen (secondary N) is 1. The molecule has 0 fully saturated rings. The molecule has 1 aromatic rings. The Labute approximate surface area is 98.7 Å². The summed E-state index contributed by atoms with van der Waals surface area (Å²) in [6.45, 7) is 9.49. The molecule has 0 bridgehead atoms. The van der Waals surface area contributed by atoms with Crippen LogP contribution in [0.4, 0.5) is 0 Å². The average molecular weight is 224 g/mol. The quantitative estimate of drug-likeness (QED) is 0.789. The molecule has 4 heteroatoms. The van der Waals surface area contributed by atoms with E-state index in [-0.39, 0.29) is 5.54 Å². The molecule has 0 amide bonds. The predicted molar refractivity (Wildman–Crippen MR) is 67.3 cm³/mol. The summed E-state index contributed by atoms with van der Waals surface area (Å²) in [5.41, 5.74) is 0.147. The third-order valence-corrected chi connectivity index (χ3v) is 2.65. The molecule has 1 N–H and O–H groups in total. The van der Waals surface area contributed by atoms with Gasteiger partial charge in [0, 0.05) is 31.5 Å². The van der Waals surface area contributed by atoms with Crippen molar-refractivity contribution in [3.8, 4) is 0 Å². The van der Waals surface area contributed by atoms with Gasteiger partial charge in [-0.3, -0.25) is 4.90 Å². The Balaban J connectivity index is 2.47. The number of rotatable bonds is 6. The summed E-state index contributed by atoms with van der Waals surface area (Å²) in [6, 6.07) is 0. The fourth-order valence-corrected chi connectivity index (χ4v) is 2.06. The van der Waals surface area contributed by atoms with Crippen molar-refractivity contribution in [2.45, 2.75) is 32.9 Å². The molecule has 92 valence electrons. The number of hydrogen-bond donors (Lipinski definition) is 1. The number of aryl methyl sites for hydroxylation is 1. The van der Waals surface area contributed by atoms with E-state index in [1.54, 1.807) is 0 Å². The standard InChI is InChI=1S/C12H24N4/c1-6-14-12(2,3)10-15(4)9-11-13-7-8-16(11)5/h7-8,14H,6,9-10H2,1-5H3. The Kier molecular flexibility index (Phi) is 4.50. The van der Waals surface area contributed by atoms with Gasteiger partial charge in [0.15, 0.2) is 0 Å². The van der Waals surface area contributed by atoms with Gasteiger partial charge in [0.1, 0.15) is 5.82 Å². The molecule has 0 aliphatic carbocycles. The minimum absolute atomic E-state index is 0.147. The number of likely N-dealkylation sites (N-methyl/N-ethyl adjacent to an activating group) is 2. The van der Waals surface area contributed by atoms with Crippen LogP contribution in [0.15, 0.2) is 12.4 Å². The molecular weight excluding hydrogens is 200 g/mol. The van der Waals surface area contributed by atoms with E-state index in [4.69, 9.17) is 0 Å². The first-order valence-electron chi connectivity index (χ1n) is 5.84. The summed E-state index contributed by atoms with van der Waals surface area (Å²) >= 11 is 0. The molecular formula is C12H24N4. The molecule has 0 aliphatic heterocycles. The molecule has 0 atom stereocenters. The van der Waals surface area contributed by atoms with Crippen LogP contribution in [0.2, 0.25) is 0 Å². The topological polar surface area (TPSA) is 33.1 Å². The number of hydrogen-bond acceptors (Lipinski definition) is 3. The van der Waals surface area contributed by atoms with Crippen molar-refractivity contribution in [1.29, 1.82) is 0 Å². The highest BCUT2D eigenvalue weighted by Gasteiger charge is 2.18. The van der Waals surface area contributed by atoms with Gasteiger partial charge < -0.3 is 9.88 Å². The van der Waals surface area contributed by atoms with Crippen molar-refractivity contribution in [1.82, 2.24) is 19.8 Å². The van der Waals surface area contributed by atoms with Gasteiger partial charge in [-0.25, -0.2) is 4.98 Å². The summed E-state index contributed by atoms with van der Waals surface area (Å²) in [5.74, 6) is 1.11. The lowest BCUT2D eigenvalue weighted by molar-refractivity contribution is 0.226. The maximum Gasteiger partial charge on any atom is 0.122 e. The van der Waals surface area contributed by atoms with Crippen molar-refractivity contribution in [3.05, 3.63) is 18.2 Å². The largest absolute Gasteiger partial charge is 0.337 e. The van der Waals surface area contributed by atoms with E-state index in [2.05, 4.69) is 47.6 Å². The van der Waals surface area contributed by atoms with Crippen LogP contribution in [0.1, 0.15) is 26.6 Å². The van der Waals surface area contributed by atoms with E-state index in [0.717, 1.165) is 25.5 Å². The summed E-state index contributed by atoms with van der Waals surface area (Å²) in [5, 5.41) is 3.48. The van der Waals surface area contributed by atoms with Crippen LogP contribution in [0.25, 0.3) is 0 Å². The monoisotopic (exact) mass is 224 g/mol. The lowest BCUT2D eigenvalue weighted by Crippen LogP contribution is -2.47. The fourth-order valence-electron chi connectivity index (χ4n) is 2.06. The first kappa shape index (κ1) is 13.2. The Hall–Kier alpha value is -0.870. The Morgan fingerprint density at radius 2 is 2.19 bits per heavy atom. The van der Waals surface area contributed by atoms with Crippen LogP contribution in [0, 0.1) is 0 Å². The summed E-state index contributed by atoms with van der Waals surface area (Å²) < 4.78 is 2.07. The first-order valence-corrected chi connectivity index (χ1v) is 5.84. The normalized spacial score (nSPS) is 12.4. The number of imidazole rings is 1. The van der Waals surface area contributed by atoms with E-state index in [1.807, 2.05) is 19.4 Å². The second kappa shape index (κ2) is 5.46. The van der Waals surface area contributed by atoms with Crippen LogP contribution in [0.3, 0.4) is 0 Å². The molecule has 0 unspecified atom stereocenters. The van der Waals surface area contributed by atoms with Crippen LogP contribution in [-0.4, -0.2) is 40.1 Å². The molecule has 4 nitrogen and oxygen atoms in total. The number of aromatic nitrogens is 2. The van der Waals surface area contributed by atoms with Crippen molar-refractivity contribution >= 4 is 0 Å². The van der Waals surface area contributed by atoms with E-state index >= 15 is 0 Å². The minimum atomic E-state index is 0.147. The van der Waals surface area contributed by atoms with Gasteiger partial charge in [-0.15, -0.1) is 0 Å². The molecule has 1 aromatic heterocycles. The van der Waals surface area contributed by atoms with Crippen LogP contribution in [-0.2, 0) is 13.6 Å². The summed E-state index contributed by atoms with van der Waals surface area (Å²) in [6.07, 6.45) is 3.83. The van der Waals surface area contributed by atoms with Crippen molar-refractivity contribution in [2.24, 2.45) is 7.05 Å². The van der Waals surface area contributed by atoms with Gasteiger partial charge >= 0.3 is 0 Å². The van der Waals surface area contributed by atoms with E-state index in [0.29, 0.717) is 0 Å². The second-order valence-electron chi connectivity index (χ2n) is 5.04. The molecule has 1 heterocycles. The van der Waals surface area contributed by atoms with Crippen LogP contribution >= 0.6 is 0 Å². The zero-order chi connectivity index (χ0) is 12.2. The predicted octanol–water partition coefficient (Wildman–Crippen LogP) is 1.24. The molecule has 0 saturated carbocycles. The lowest BCUT2D eigenvalue weighted by atomic mass is 10.1. The van der Waals surface area contributed by atoms with Crippen molar-refractivity contribution < 1.29 is 0 Å². The zero-order valence-electron chi connectivity index (χ0n) is 11.1. The summed E-state index contributed by atoms with van der Waals surface area (Å²) in [7, 11) is 4.17. The maximum atomic E-state index is 4.33. The molecule has 0 saturated heterocycles. The third kappa shape index (κ3) is 3.94. The highest BCUT2D eigenvalue weighted by atomic mass is 15.2. The third-order valence-electron chi connectivity index (χ3n) is 2.65. The van der Waals surface area contributed by atoms with E-state index in [1.165, 1.54) is 0 Å². The smallest absolute Gasteiger partial charge is 0.122 e. The fraction of sp³-hybridized carbons (Fsp3) is 0.750. The van der Waals surface area contributed by atoms with Crippen molar-refractivity contribution in [2.75, 3.05) is 20.1 Å². The zero-order valence-corrected chi connectivity index (χ0v) is 11.1. The van der Waals surface area contributed by atoms with Gasteiger partial charge in [-0.1, -0.05) is 6.92 Å². The summed E-state index contributed by atoms with van der Waals surface area (Å²) in [4.78, 5) is 6.63. The SMILES string of the molecule is CCNC(C)(C)CN(C)Cc1nccn1C. The van der Waals surface area contributed by atoms with Gasteiger partial charge in [-0.05, 0) is 27.4 Å². The Morgan fingerprint density at radius 1 is 1.50 bits per heavy atom. The first-order chi connectivity index (χ1) is 7.44. The van der Waals surface area contributed by atoms with Crippen LogP contribution < -0.4 is 5.32 Å². The highest BCUT2D eigenvalue weighted by Crippen LogP contribution is 2.07. The molecule has 16 heavy (non-hydrogen) atoms. The van der Waals surface area contributed by atoms with E-state index < -0.39 is 0 Å². The molecule has 0 aliphatic rings. The Morgan fingerprint density at radius 3 is 2.69 bits per heavy atom. The molecule has 0 spiro atoms. The minimum Gasteiger partial charge on any atom is -0.337 e. The van der Waals surface area contributed by atoms with Gasteiger partial charge in [0.2, 0.25) is 0 Å².